The third-order valence-corrected chi connectivity index (χ3v) is 2.31. The maximum Gasteiger partial charge on any atom is 0.278 e. The Bertz CT molecular complexity index is 231. The van der Waals surface area contributed by atoms with Gasteiger partial charge in [-0.25, -0.2) is 0 Å². The second kappa shape index (κ2) is 2.48. The molecule has 54 valence electrons. The van der Waals surface area contributed by atoms with Gasteiger partial charge in [-0.15, -0.1) is 10.2 Å². The fourth-order valence-corrected chi connectivity index (χ4v) is 1.37. The second-order valence-corrected chi connectivity index (χ2v) is 3.44. The first-order valence-electron chi connectivity index (χ1n) is 3.35. The molecule has 10 heavy (non-hydrogen) atoms. The van der Waals surface area contributed by atoms with Gasteiger partial charge in [0.25, 0.3) is 3.90 Å². The van der Waals surface area contributed by atoms with E-state index in [0.29, 0.717) is 9.82 Å². The molecule has 1 heterocycles. The van der Waals surface area contributed by atoms with Crippen molar-refractivity contribution in [2.75, 3.05) is 0 Å². The Labute approximate surface area is 72.3 Å². The molecule has 0 radical (unpaired) electrons. The summed E-state index contributed by atoms with van der Waals surface area (Å²) in [6.45, 7) is 0. The van der Waals surface area contributed by atoms with E-state index in [1.54, 1.807) is 0 Å². The smallest absolute Gasteiger partial charge is 0.278 e. The van der Waals surface area contributed by atoms with E-state index in [9.17, 15) is 0 Å². The lowest BCUT2D eigenvalue weighted by Gasteiger charge is -2.20. The first-order valence-corrected chi connectivity index (χ1v) is 4.43. The van der Waals surface area contributed by atoms with Crippen molar-refractivity contribution < 1.29 is 4.42 Å². The Morgan fingerprint density at radius 3 is 2.60 bits per heavy atom. The molecule has 0 unspecified atom stereocenters. The highest BCUT2D eigenvalue weighted by Crippen LogP contribution is 2.35. The number of aromatic nitrogens is 2. The van der Waals surface area contributed by atoms with Crippen LogP contribution < -0.4 is 0 Å². The van der Waals surface area contributed by atoms with Crippen LogP contribution in [0.3, 0.4) is 0 Å². The topological polar surface area (TPSA) is 38.9 Å². The predicted molar refractivity (Wildman–Crippen MR) is 43.6 cm³/mol. The summed E-state index contributed by atoms with van der Waals surface area (Å²) in [6.07, 6.45) is 3.75. The maximum atomic E-state index is 5.25. The average Bonchev–Trinajstić information content (AvgIpc) is 2.10. The lowest BCUT2D eigenvalue weighted by atomic mass is 9.85. The van der Waals surface area contributed by atoms with Crippen LogP contribution in [-0.4, -0.2) is 10.2 Å². The van der Waals surface area contributed by atoms with E-state index in [1.165, 1.54) is 19.3 Å². The van der Waals surface area contributed by atoms with E-state index < -0.39 is 0 Å². The van der Waals surface area contributed by atoms with Crippen LogP contribution in [0.15, 0.2) is 4.42 Å². The van der Waals surface area contributed by atoms with Crippen LogP contribution in [0.5, 0.6) is 0 Å². The zero-order chi connectivity index (χ0) is 6.97. The van der Waals surface area contributed by atoms with Crippen molar-refractivity contribution in [3.05, 3.63) is 9.79 Å². The third-order valence-electron chi connectivity index (χ3n) is 1.87. The van der Waals surface area contributed by atoms with Crippen LogP contribution in [0.25, 0.3) is 0 Å². The lowest BCUT2D eigenvalue weighted by Crippen LogP contribution is -2.08. The summed E-state index contributed by atoms with van der Waals surface area (Å²) in [6, 6.07) is 0. The van der Waals surface area contributed by atoms with Crippen molar-refractivity contribution in [1.29, 1.82) is 0 Å². The van der Waals surface area contributed by atoms with Crippen molar-refractivity contribution in [2.45, 2.75) is 25.2 Å². The van der Waals surface area contributed by atoms with Crippen molar-refractivity contribution in [2.24, 2.45) is 0 Å². The first kappa shape index (κ1) is 6.57. The molecule has 1 aliphatic carbocycles. The molecular formula is C6H7IN2O. The molecule has 0 saturated heterocycles. The molecule has 3 nitrogen and oxygen atoms in total. The van der Waals surface area contributed by atoms with Gasteiger partial charge in [-0.05, 0) is 12.8 Å². The van der Waals surface area contributed by atoms with Crippen LogP contribution in [0.2, 0.25) is 0 Å². The Hall–Kier alpha value is -0.130. The Kier molecular flexibility index (Phi) is 1.63. The van der Waals surface area contributed by atoms with Crippen molar-refractivity contribution >= 4 is 22.6 Å². The van der Waals surface area contributed by atoms with Gasteiger partial charge in [0.15, 0.2) is 0 Å². The van der Waals surface area contributed by atoms with E-state index in [1.807, 2.05) is 22.6 Å². The van der Waals surface area contributed by atoms with Gasteiger partial charge in [0, 0.05) is 28.5 Å². The quantitative estimate of drug-likeness (QED) is 0.715. The standard InChI is InChI=1S/C6H7IN2O/c7-6-9-8-5(10-6)4-2-1-3-4/h4H,1-3H2. The van der Waals surface area contributed by atoms with Crippen LogP contribution >= 0.6 is 22.6 Å². The highest BCUT2D eigenvalue weighted by atomic mass is 127. The number of hydrogen-bond donors (Lipinski definition) is 0. The molecule has 2 rings (SSSR count). The molecule has 1 fully saturated rings. The summed E-state index contributed by atoms with van der Waals surface area (Å²) >= 11 is 2.03. The molecule has 1 saturated carbocycles. The summed E-state index contributed by atoms with van der Waals surface area (Å²) in [4.78, 5) is 0. The molecule has 1 aliphatic rings. The normalized spacial score (nSPS) is 18.9. The van der Waals surface area contributed by atoms with Crippen LogP contribution in [0.4, 0.5) is 0 Å². The van der Waals surface area contributed by atoms with Gasteiger partial charge < -0.3 is 4.42 Å². The SMILES string of the molecule is Ic1nnc(C2CCC2)o1. The maximum absolute atomic E-state index is 5.25. The Morgan fingerprint density at radius 2 is 2.20 bits per heavy atom. The van der Waals surface area contributed by atoms with Gasteiger partial charge in [0.05, 0.1) is 0 Å². The van der Waals surface area contributed by atoms with E-state index in [4.69, 9.17) is 4.42 Å². The minimum atomic E-state index is 0.566. The minimum absolute atomic E-state index is 0.566. The molecule has 1 aromatic heterocycles. The summed E-state index contributed by atoms with van der Waals surface area (Å²) < 4.78 is 5.90. The molecule has 0 N–H and O–H groups in total. The zero-order valence-electron chi connectivity index (χ0n) is 5.38. The highest BCUT2D eigenvalue weighted by Gasteiger charge is 2.24. The van der Waals surface area contributed by atoms with Crippen LogP contribution in [0, 0.1) is 3.90 Å². The van der Waals surface area contributed by atoms with Crippen LogP contribution in [0.1, 0.15) is 31.1 Å². The molecular weight excluding hydrogens is 243 g/mol. The molecule has 0 spiro atoms. The van der Waals surface area contributed by atoms with E-state index in [2.05, 4.69) is 10.2 Å². The van der Waals surface area contributed by atoms with Gasteiger partial charge in [-0.2, -0.15) is 0 Å². The lowest BCUT2D eigenvalue weighted by molar-refractivity contribution is 0.328. The predicted octanol–water partition coefficient (Wildman–Crippen LogP) is 1.94. The van der Waals surface area contributed by atoms with Gasteiger partial charge in [-0.3, -0.25) is 0 Å². The third kappa shape index (κ3) is 1.04. The number of hydrogen-bond acceptors (Lipinski definition) is 3. The molecule has 0 bridgehead atoms. The first-order chi connectivity index (χ1) is 4.86. The number of rotatable bonds is 1. The van der Waals surface area contributed by atoms with Crippen molar-refractivity contribution in [3.63, 3.8) is 0 Å². The van der Waals surface area contributed by atoms with E-state index >= 15 is 0 Å². The van der Waals surface area contributed by atoms with Gasteiger partial charge in [0.1, 0.15) is 0 Å². The van der Waals surface area contributed by atoms with E-state index in [0.717, 1.165) is 5.89 Å². The summed E-state index contributed by atoms with van der Waals surface area (Å²) in [7, 11) is 0. The Balaban J connectivity index is 2.17. The average molecular weight is 250 g/mol. The fourth-order valence-electron chi connectivity index (χ4n) is 1.04. The molecule has 0 aromatic carbocycles. The number of nitrogens with zero attached hydrogens (tertiary/aromatic N) is 2. The van der Waals surface area contributed by atoms with Crippen molar-refractivity contribution in [1.82, 2.24) is 10.2 Å². The Morgan fingerprint density at radius 1 is 1.40 bits per heavy atom. The molecule has 0 atom stereocenters. The van der Waals surface area contributed by atoms with Gasteiger partial charge >= 0.3 is 0 Å². The summed E-state index contributed by atoms with van der Waals surface area (Å²) in [5, 5.41) is 7.70. The molecule has 0 aliphatic heterocycles. The summed E-state index contributed by atoms with van der Waals surface area (Å²) in [5.74, 6) is 1.40. The summed E-state index contributed by atoms with van der Waals surface area (Å²) in [5.41, 5.74) is 0. The van der Waals surface area contributed by atoms with Gasteiger partial charge in [0.2, 0.25) is 5.89 Å². The van der Waals surface area contributed by atoms with Crippen molar-refractivity contribution in [3.8, 4) is 0 Å². The second-order valence-electron chi connectivity index (χ2n) is 2.52. The molecule has 0 amide bonds. The largest absolute Gasteiger partial charge is 0.416 e. The minimum Gasteiger partial charge on any atom is -0.416 e. The zero-order valence-corrected chi connectivity index (χ0v) is 7.54. The molecule has 1 aromatic rings. The number of halogens is 1. The molecule has 4 heteroatoms. The van der Waals surface area contributed by atoms with E-state index in [-0.39, 0.29) is 0 Å². The highest BCUT2D eigenvalue weighted by molar-refractivity contribution is 14.1. The fraction of sp³-hybridized carbons (Fsp3) is 0.667. The van der Waals surface area contributed by atoms with Crippen LogP contribution in [-0.2, 0) is 0 Å². The van der Waals surface area contributed by atoms with Gasteiger partial charge in [-0.1, -0.05) is 6.42 Å². The monoisotopic (exact) mass is 250 g/mol.